The number of hydrogen-bond donors (Lipinski definition) is 0. The van der Waals surface area contributed by atoms with Gasteiger partial charge < -0.3 is 9.32 Å². The lowest BCUT2D eigenvalue weighted by atomic mass is 10.0. The van der Waals surface area contributed by atoms with Crippen LogP contribution < -0.4 is 0 Å². The Morgan fingerprint density at radius 2 is 2.13 bits per heavy atom. The van der Waals surface area contributed by atoms with E-state index in [4.69, 9.17) is 4.42 Å². The highest BCUT2D eigenvalue weighted by Crippen LogP contribution is 2.21. The van der Waals surface area contributed by atoms with Crippen molar-refractivity contribution >= 4 is 17.7 Å². The molecule has 1 unspecified atom stereocenters. The molecule has 3 rings (SSSR count). The Hall–Kier alpha value is -1.82. The van der Waals surface area contributed by atoms with E-state index in [-0.39, 0.29) is 5.91 Å². The Balaban J connectivity index is 1.52. The number of carbonyl (C=O) groups excluding carboxylic acids is 1. The highest BCUT2D eigenvalue weighted by molar-refractivity contribution is 7.99. The molecule has 1 atom stereocenters. The molecule has 1 aromatic heterocycles. The third-order valence-electron chi connectivity index (χ3n) is 4.09. The molecule has 1 aliphatic heterocycles. The smallest absolute Gasteiger partial charge is 0.277 e. The van der Waals surface area contributed by atoms with Gasteiger partial charge in [0.1, 0.15) is 0 Å². The van der Waals surface area contributed by atoms with Crippen molar-refractivity contribution in [3.05, 3.63) is 41.8 Å². The summed E-state index contributed by atoms with van der Waals surface area (Å²) in [4.78, 5) is 14.3. The number of benzene rings is 1. The minimum absolute atomic E-state index is 0.157. The SMILES string of the molecule is CC1CCCCN1C(=O)CSc1nnc(Cc2ccccc2)o1. The maximum Gasteiger partial charge on any atom is 0.277 e. The van der Waals surface area contributed by atoms with Crippen molar-refractivity contribution in [3.63, 3.8) is 0 Å². The van der Waals surface area contributed by atoms with E-state index in [1.165, 1.54) is 18.2 Å². The number of rotatable bonds is 5. The first kappa shape index (κ1) is 16.1. The molecule has 5 nitrogen and oxygen atoms in total. The van der Waals surface area contributed by atoms with Gasteiger partial charge >= 0.3 is 0 Å². The summed E-state index contributed by atoms with van der Waals surface area (Å²) in [6.07, 6.45) is 4.02. The number of thioether (sulfide) groups is 1. The molecule has 0 aliphatic carbocycles. The number of carbonyl (C=O) groups is 1. The third kappa shape index (κ3) is 4.34. The quantitative estimate of drug-likeness (QED) is 0.788. The number of aromatic nitrogens is 2. The molecule has 1 saturated heterocycles. The van der Waals surface area contributed by atoms with Crippen molar-refractivity contribution in [3.8, 4) is 0 Å². The van der Waals surface area contributed by atoms with Gasteiger partial charge in [-0.1, -0.05) is 42.1 Å². The minimum atomic E-state index is 0.157. The van der Waals surface area contributed by atoms with Crippen LogP contribution in [0.3, 0.4) is 0 Å². The van der Waals surface area contributed by atoms with Crippen LogP contribution in [0.15, 0.2) is 40.0 Å². The first-order valence-electron chi connectivity index (χ1n) is 8.01. The number of hydrogen-bond acceptors (Lipinski definition) is 5. The minimum Gasteiger partial charge on any atom is -0.416 e. The average molecular weight is 331 g/mol. The van der Waals surface area contributed by atoms with E-state index in [9.17, 15) is 4.79 Å². The van der Waals surface area contributed by atoms with Crippen molar-refractivity contribution in [1.82, 2.24) is 15.1 Å². The van der Waals surface area contributed by atoms with Crippen LogP contribution in [0, 0.1) is 0 Å². The van der Waals surface area contributed by atoms with Gasteiger partial charge in [-0.05, 0) is 31.7 Å². The van der Waals surface area contributed by atoms with Gasteiger partial charge in [-0.2, -0.15) is 0 Å². The van der Waals surface area contributed by atoms with Gasteiger partial charge in [0.25, 0.3) is 5.22 Å². The lowest BCUT2D eigenvalue weighted by Gasteiger charge is -2.33. The number of piperidine rings is 1. The van der Waals surface area contributed by atoms with Gasteiger partial charge in [-0.25, -0.2) is 0 Å². The number of likely N-dealkylation sites (tertiary alicyclic amines) is 1. The molecule has 1 aromatic carbocycles. The second-order valence-electron chi connectivity index (χ2n) is 5.84. The molecule has 0 saturated carbocycles. The van der Waals surface area contributed by atoms with Crippen molar-refractivity contribution in [1.29, 1.82) is 0 Å². The number of nitrogens with zero attached hydrogens (tertiary/aromatic N) is 3. The van der Waals surface area contributed by atoms with Gasteiger partial charge in [0.15, 0.2) is 0 Å². The molecule has 0 bridgehead atoms. The van der Waals surface area contributed by atoms with Crippen molar-refractivity contribution in [2.75, 3.05) is 12.3 Å². The monoisotopic (exact) mass is 331 g/mol. The lowest BCUT2D eigenvalue weighted by Crippen LogP contribution is -2.42. The standard InChI is InChI=1S/C17H21N3O2S/c1-13-7-5-6-10-20(13)16(21)12-23-17-19-18-15(22-17)11-14-8-3-2-4-9-14/h2-4,8-9,13H,5-7,10-12H2,1H3. The Labute approximate surface area is 140 Å². The molecule has 1 fully saturated rings. The summed E-state index contributed by atoms with van der Waals surface area (Å²) in [6, 6.07) is 10.3. The predicted octanol–water partition coefficient (Wildman–Crippen LogP) is 3.15. The van der Waals surface area contributed by atoms with Crippen LogP contribution in [-0.2, 0) is 11.2 Å². The van der Waals surface area contributed by atoms with E-state index < -0.39 is 0 Å². The molecule has 6 heteroatoms. The van der Waals surface area contributed by atoms with E-state index in [2.05, 4.69) is 17.1 Å². The zero-order valence-electron chi connectivity index (χ0n) is 13.3. The second kappa shape index (κ2) is 7.64. The molecule has 1 aliphatic rings. The zero-order valence-corrected chi connectivity index (χ0v) is 14.1. The number of amides is 1. The Morgan fingerprint density at radius 3 is 2.91 bits per heavy atom. The maximum absolute atomic E-state index is 12.3. The summed E-state index contributed by atoms with van der Waals surface area (Å²) >= 11 is 1.32. The molecule has 0 radical (unpaired) electrons. The summed E-state index contributed by atoms with van der Waals surface area (Å²) in [5.74, 6) is 1.10. The summed E-state index contributed by atoms with van der Waals surface area (Å²) in [5.41, 5.74) is 1.13. The highest BCUT2D eigenvalue weighted by atomic mass is 32.2. The van der Waals surface area contributed by atoms with E-state index in [1.807, 2.05) is 35.2 Å². The Kier molecular flexibility index (Phi) is 5.33. The lowest BCUT2D eigenvalue weighted by molar-refractivity contribution is -0.131. The van der Waals surface area contributed by atoms with Crippen LogP contribution in [0.1, 0.15) is 37.6 Å². The van der Waals surface area contributed by atoms with Crippen molar-refractivity contribution in [2.45, 2.75) is 43.9 Å². The third-order valence-corrected chi connectivity index (χ3v) is 4.89. The van der Waals surface area contributed by atoms with E-state index in [0.29, 0.717) is 29.3 Å². The summed E-state index contributed by atoms with van der Waals surface area (Å²) in [7, 11) is 0. The summed E-state index contributed by atoms with van der Waals surface area (Å²) in [6.45, 7) is 2.98. The zero-order chi connectivity index (χ0) is 16.1. The van der Waals surface area contributed by atoms with Crippen molar-refractivity contribution in [2.24, 2.45) is 0 Å². The second-order valence-corrected chi connectivity index (χ2v) is 6.77. The molecular formula is C17H21N3O2S. The first-order chi connectivity index (χ1) is 11.2. The van der Waals surface area contributed by atoms with E-state index in [0.717, 1.165) is 24.9 Å². The van der Waals surface area contributed by atoms with Crippen LogP contribution in [0.5, 0.6) is 0 Å². The van der Waals surface area contributed by atoms with Crippen LogP contribution in [0.4, 0.5) is 0 Å². The molecule has 0 spiro atoms. The van der Waals surface area contributed by atoms with E-state index in [1.54, 1.807) is 0 Å². The topological polar surface area (TPSA) is 59.2 Å². The predicted molar refractivity (Wildman–Crippen MR) is 89.3 cm³/mol. The van der Waals surface area contributed by atoms with Crippen LogP contribution in [0.25, 0.3) is 0 Å². The molecule has 122 valence electrons. The largest absolute Gasteiger partial charge is 0.416 e. The van der Waals surface area contributed by atoms with Crippen LogP contribution >= 0.6 is 11.8 Å². The van der Waals surface area contributed by atoms with Crippen LogP contribution in [-0.4, -0.2) is 39.3 Å². The molecule has 23 heavy (non-hydrogen) atoms. The summed E-state index contributed by atoms with van der Waals surface area (Å²) in [5, 5.41) is 8.55. The van der Waals surface area contributed by atoms with Gasteiger partial charge in [-0.15, -0.1) is 10.2 Å². The normalized spacial score (nSPS) is 18.1. The maximum atomic E-state index is 12.3. The fraction of sp³-hybridized carbons (Fsp3) is 0.471. The average Bonchev–Trinajstić information content (AvgIpc) is 3.01. The molecule has 2 aromatic rings. The first-order valence-corrected chi connectivity index (χ1v) is 8.99. The van der Waals surface area contributed by atoms with E-state index >= 15 is 0 Å². The summed E-state index contributed by atoms with van der Waals surface area (Å²) < 4.78 is 5.62. The molecule has 2 heterocycles. The fourth-order valence-electron chi connectivity index (χ4n) is 2.81. The highest BCUT2D eigenvalue weighted by Gasteiger charge is 2.23. The van der Waals surface area contributed by atoms with Gasteiger partial charge in [0.2, 0.25) is 11.8 Å². The molecule has 1 amide bonds. The molecular weight excluding hydrogens is 310 g/mol. The molecule has 0 N–H and O–H groups in total. The van der Waals surface area contributed by atoms with Crippen molar-refractivity contribution < 1.29 is 9.21 Å². The fourth-order valence-corrected chi connectivity index (χ4v) is 3.48. The van der Waals surface area contributed by atoms with Gasteiger partial charge in [0, 0.05) is 12.6 Å². The van der Waals surface area contributed by atoms with Gasteiger partial charge in [0.05, 0.1) is 12.2 Å². The van der Waals surface area contributed by atoms with Gasteiger partial charge in [-0.3, -0.25) is 4.79 Å². The van der Waals surface area contributed by atoms with Crippen LogP contribution in [0.2, 0.25) is 0 Å². The Morgan fingerprint density at radius 1 is 1.30 bits per heavy atom. The Bertz CT molecular complexity index is 644.